The number of aryl methyl sites for hydroxylation is 1. The van der Waals surface area contributed by atoms with E-state index in [1.54, 1.807) is 6.07 Å². The topological polar surface area (TPSA) is 38.3 Å². The summed E-state index contributed by atoms with van der Waals surface area (Å²) in [5.41, 5.74) is 1.61. The molecule has 5 heteroatoms. The summed E-state index contributed by atoms with van der Waals surface area (Å²) in [6, 6.07) is 17.4. The van der Waals surface area contributed by atoms with Crippen molar-refractivity contribution in [2.24, 2.45) is 0 Å². The summed E-state index contributed by atoms with van der Waals surface area (Å²) < 4.78 is 6.45. The lowest BCUT2D eigenvalue weighted by Crippen LogP contribution is -2.20. The van der Waals surface area contributed by atoms with Gasteiger partial charge >= 0.3 is 0 Å². The number of hydrogen-bond acceptors (Lipinski definition) is 2. The van der Waals surface area contributed by atoms with Gasteiger partial charge in [0.05, 0.1) is 5.02 Å². The van der Waals surface area contributed by atoms with Crippen LogP contribution in [0.2, 0.25) is 5.02 Å². The molecule has 3 aromatic carbocycles. The molecule has 3 aromatic rings. The predicted octanol–water partition coefficient (Wildman–Crippen LogP) is 5.58. The molecule has 0 radical (unpaired) electrons. The lowest BCUT2D eigenvalue weighted by molar-refractivity contribution is -0.118. The zero-order valence-corrected chi connectivity index (χ0v) is 15.3. The highest BCUT2D eigenvalue weighted by molar-refractivity contribution is 9.10. The minimum atomic E-state index is -0.233. The second-order valence-electron chi connectivity index (χ2n) is 5.43. The molecule has 0 aliphatic carbocycles. The molecule has 0 atom stereocenters. The summed E-state index contributed by atoms with van der Waals surface area (Å²) in [6.45, 7) is 1.78. The van der Waals surface area contributed by atoms with Crippen LogP contribution in [0.3, 0.4) is 0 Å². The van der Waals surface area contributed by atoms with Crippen molar-refractivity contribution in [2.45, 2.75) is 6.92 Å². The Balaban J connectivity index is 1.67. The van der Waals surface area contributed by atoms with Crippen molar-refractivity contribution in [3.8, 4) is 5.75 Å². The van der Waals surface area contributed by atoms with Gasteiger partial charge in [-0.05, 0) is 47.5 Å². The normalized spacial score (nSPS) is 10.6. The Kier molecular flexibility index (Phi) is 5.07. The van der Waals surface area contributed by atoms with Crippen LogP contribution in [0.4, 0.5) is 5.69 Å². The van der Waals surface area contributed by atoms with Gasteiger partial charge in [0.15, 0.2) is 6.61 Å². The third-order valence-electron chi connectivity index (χ3n) is 3.57. The maximum atomic E-state index is 12.1. The maximum absolute atomic E-state index is 12.1. The van der Waals surface area contributed by atoms with Crippen LogP contribution in [-0.4, -0.2) is 12.5 Å². The zero-order valence-electron chi connectivity index (χ0n) is 13.0. The van der Waals surface area contributed by atoms with Crippen LogP contribution in [0.25, 0.3) is 10.8 Å². The zero-order chi connectivity index (χ0) is 17.1. The quantitative estimate of drug-likeness (QED) is 0.616. The number of hydrogen-bond donors (Lipinski definition) is 1. The fourth-order valence-electron chi connectivity index (χ4n) is 2.47. The Labute approximate surface area is 153 Å². The van der Waals surface area contributed by atoms with Crippen molar-refractivity contribution in [1.29, 1.82) is 0 Å². The summed E-state index contributed by atoms with van der Waals surface area (Å²) in [5.74, 6) is 0.289. The first-order valence-corrected chi connectivity index (χ1v) is 8.57. The highest BCUT2D eigenvalue weighted by atomic mass is 79.9. The van der Waals surface area contributed by atoms with E-state index >= 15 is 0 Å². The minimum Gasteiger partial charge on any atom is -0.482 e. The van der Waals surface area contributed by atoms with Crippen molar-refractivity contribution < 1.29 is 9.53 Å². The first-order chi connectivity index (χ1) is 11.5. The number of benzene rings is 3. The number of anilines is 1. The van der Waals surface area contributed by atoms with Gasteiger partial charge in [0, 0.05) is 10.2 Å². The number of nitrogens with one attached hydrogen (secondary N) is 1. The Morgan fingerprint density at radius 1 is 1.12 bits per heavy atom. The molecule has 1 N–H and O–H groups in total. The average molecular weight is 405 g/mol. The Morgan fingerprint density at radius 2 is 1.88 bits per heavy atom. The van der Waals surface area contributed by atoms with E-state index in [1.807, 2.05) is 55.5 Å². The van der Waals surface area contributed by atoms with Gasteiger partial charge in [-0.3, -0.25) is 4.79 Å². The van der Waals surface area contributed by atoms with Gasteiger partial charge < -0.3 is 10.1 Å². The number of halogens is 2. The maximum Gasteiger partial charge on any atom is 0.262 e. The lowest BCUT2D eigenvalue weighted by Gasteiger charge is -2.12. The van der Waals surface area contributed by atoms with Gasteiger partial charge in [-0.2, -0.15) is 0 Å². The van der Waals surface area contributed by atoms with E-state index in [-0.39, 0.29) is 12.5 Å². The van der Waals surface area contributed by atoms with E-state index in [0.717, 1.165) is 26.5 Å². The van der Waals surface area contributed by atoms with Gasteiger partial charge in [-0.15, -0.1) is 0 Å². The molecule has 0 heterocycles. The summed E-state index contributed by atoms with van der Waals surface area (Å²) in [6.07, 6.45) is 0. The number of rotatable bonds is 4. The second kappa shape index (κ2) is 7.24. The molecule has 24 heavy (non-hydrogen) atoms. The Hall–Kier alpha value is -2.04. The molecular weight excluding hydrogens is 390 g/mol. The molecule has 0 unspecified atom stereocenters. The molecular formula is C19H15BrClNO2. The molecule has 0 aromatic heterocycles. The van der Waals surface area contributed by atoms with Crippen LogP contribution in [-0.2, 0) is 4.79 Å². The molecule has 0 saturated heterocycles. The third kappa shape index (κ3) is 3.89. The van der Waals surface area contributed by atoms with E-state index in [4.69, 9.17) is 16.3 Å². The van der Waals surface area contributed by atoms with E-state index in [1.165, 1.54) is 0 Å². The van der Waals surface area contributed by atoms with Crippen molar-refractivity contribution >= 4 is 49.9 Å². The van der Waals surface area contributed by atoms with Crippen LogP contribution in [0.15, 0.2) is 59.1 Å². The van der Waals surface area contributed by atoms with Crippen LogP contribution < -0.4 is 10.1 Å². The van der Waals surface area contributed by atoms with Crippen LogP contribution >= 0.6 is 27.5 Å². The third-order valence-corrected chi connectivity index (χ3v) is 4.31. The highest BCUT2D eigenvalue weighted by Gasteiger charge is 2.10. The molecule has 3 rings (SSSR count). The van der Waals surface area contributed by atoms with E-state index in [9.17, 15) is 4.79 Å². The van der Waals surface area contributed by atoms with E-state index in [2.05, 4.69) is 21.2 Å². The van der Waals surface area contributed by atoms with Gasteiger partial charge in [0.2, 0.25) is 0 Å². The molecule has 0 bridgehead atoms. The molecule has 1 amide bonds. The van der Waals surface area contributed by atoms with E-state index < -0.39 is 0 Å². The fourth-order valence-corrected chi connectivity index (χ4v) is 3.50. The summed E-state index contributed by atoms with van der Waals surface area (Å²) in [7, 11) is 0. The summed E-state index contributed by atoms with van der Waals surface area (Å²) in [4.78, 5) is 12.1. The predicted molar refractivity (Wildman–Crippen MR) is 102 cm³/mol. The van der Waals surface area contributed by atoms with Gasteiger partial charge in [0.25, 0.3) is 5.91 Å². The van der Waals surface area contributed by atoms with Crippen molar-refractivity contribution in [3.05, 3.63) is 69.7 Å². The SMILES string of the molecule is Cc1cc(Br)cc(Cl)c1OCC(=O)Nc1ccc2ccccc2c1. The average Bonchev–Trinajstić information content (AvgIpc) is 2.53. The molecule has 0 aliphatic rings. The summed E-state index contributed by atoms with van der Waals surface area (Å²) in [5, 5.41) is 5.51. The van der Waals surface area contributed by atoms with Crippen molar-refractivity contribution in [3.63, 3.8) is 0 Å². The van der Waals surface area contributed by atoms with Crippen LogP contribution in [0, 0.1) is 6.92 Å². The minimum absolute atomic E-state index is 0.102. The molecule has 0 saturated carbocycles. The van der Waals surface area contributed by atoms with Crippen molar-refractivity contribution in [2.75, 3.05) is 11.9 Å². The van der Waals surface area contributed by atoms with Crippen molar-refractivity contribution in [1.82, 2.24) is 0 Å². The molecule has 3 nitrogen and oxygen atoms in total. The number of ether oxygens (including phenoxy) is 1. The van der Waals surface area contributed by atoms with Gasteiger partial charge in [-0.1, -0.05) is 57.9 Å². The number of amides is 1. The van der Waals surface area contributed by atoms with E-state index in [0.29, 0.717) is 10.8 Å². The standard InChI is InChI=1S/C19H15BrClNO2/c1-12-8-15(20)10-17(21)19(12)24-11-18(23)22-16-7-6-13-4-2-3-5-14(13)9-16/h2-10H,11H2,1H3,(H,22,23). The first kappa shape index (κ1) is 16.8. The van der Waals surface area contributed by atoms with Crippen LogP contribution in [0.1, 0.15) is 5.56 Å². The highest BCUT2D eigenvalue weighted by Crippen LogP contribution is 2.32. The number of fused-ring (bicyclic) bond motifs is 1. The lowest BCUT2D eigenvalue weighted by atomic mass is 10.1. The largest absolute Gasteiger partial charge is 0.482 e. The molecule has 122 valence electrons. The second-order valence-corrected chi connectivity index (χ2v) is 6.76. The monoisotopic (exact) mass is 403 g/mol. The van der Waals surface area contributed by atoms with Crippen LogP contribution in [0.5, 0.6) is 5.75 Å². The summed E-state index contributed by atoms with van der Waals surface area (Å²) >= 11 is 9.53. The molecule has 0 fully saturated rings. The molecule has 0 aliphatic heterocycles. The number of carbonyl (C=O) groups excluding carboxylic acids is 1. The first-order valence-electron chi connectivity index (χ1n) is 7.40. The number of carbonyl (C=O) groups is 1. The Morgan fingerprint density at radius 3 is 2.62 bits per heavy atom. The Bertz CT molecular complexity index is 888. The van der Waals surface area contributed by atoms with Gasteiger partial charge in [-0.25, -0.2) is 0 Å². The fraction of sp³-hybridized carbons (Fsp3) is 0.105. The molecule has 0 spiro atoms. The van der Waals surface area contributed by atoms with Gasteiger partial charge in [0.1, 0.15) is 5.75 Å². The smallest absolute Gasteiger partial charge is 0.262 e.